The van der Waals surface area contributed by atoms with Crippen LogP contribution in [0.1, 0.15) is 30.7 Å². The Balaban J connectivity index is 1.22. The molecule has 4 heterocycles. The molecule has 5 aromatic rings. The van der Waals surface area contributed by atoms with Crippen molar-refractivity contribution in [2.24, 2.45) is 7.05 Å². The summed E-state index contributed by atoms with van der Waals surface area (Å²) in [5, 5.41) is 25.2. The molecule has 0 bridgehead atoms. The average Bonchev–Trinajstić information content (AvgIpc) is 3.76. The predicted molar refractivity (Wildman–Crippen MR) is 205 cm³/mol. The van der Waals surface area contributed by atoms with Crippen LogP contribution in [0.25, 0.3) is 39.0 Å². The lowest BCUT2D eigenvalue weighted by atomic mass is 9.97. The van der Waals surface area contributed by atoms with Gasteiger partial charge in [0.15, 0.2) is 0 Å². The maximum atomic E-state index is 13.4. The van der Waals surface area contributed by atoms with Gasteiger partial charge in [0, 0.05) is 92.8 Å². The summed E-state index contributed by atoms with van der Waals surface area (Å²) in [6.07, 6.45) is 2.24. The van der Waals surface area contributed by atoms with E-state index in [1.807, 2.05) is 48.5 Å². The maximum Gasteiger partial charge on any atom is 0.277 e. The van der Waals surface area contributed by atoms with Crippen molar-refractivity contribution in [2.75, 3.05) is 34.3 Å². The van der Waals surface area contributed by atoms with Gasteiger partial charge in [-0.1, -0.05) is 65.7 Å². The second kappa shape index (κ2) is 16.5. The fourth-order valence-corrected chi connectivity index (χ4v) is 6.99. The van der Waals surface area contributed by atoms with E-state index in [0.29, 0.717) is 80.3 Å². The van der Waals surface area contributed by atoms with Gasteiger partial charge in [-0.25, -0.2) is 9.50 Å². The molecule has 1 aliphatic heterocycles. The Morgan fingerprint density at radius 1 is 1.04 bits per heavy atom. The number of aliphatic hydroxyl groups excluding tert-OH is 1. The van der Waals surface area contributed by atoms with Crippen LogP contribution >= 0.6 is 23.2 Å². The van der Waals surface area contributed by atoms with Crippen LogP contribution in [0.5, 0.6) is 5.88 Å². The van der Waals surface area contributed by atoms with Gasteiger partial charge in [0.1, 0.15) is 11.3 Å². The zero-order valence-electron chi connectivity index (χ0n) is 30.0. The molecule has 3 aromatic heterocycles. The molecule has 0 radical (unpaired) electrons. The molecular formula is C38H42Cl2N8O5. The zero-order valence-corrected chi connectivity index (χ0v) is 31.5. The second-order valence-corrected chi connectivity index (χ2v) is 14.0. The highest BCUT2D eigenvalue weighted by Crippen LogP contribution is 2.42. The van der Waals surface area contributed by atoms with E-state index in [4.69, 9.17) is 32.9 Å². The number of aromatic nitrogens is 4. The molecule has 1 aliphatic rings. The number of amides is 2. The van der Waals surface area contributed by atoms with Crippen LogP contribution in [0, 0.1) is 0 Å². The molecule has 0 aliphatic carbocycles. The standard InChI is InChI=1S/C38H42Cl2N8O5/c1-46(2)34(51)16-25(49)19-42-20-32-45-48-21-23(15-31(48)38(52)47(32)3)26-7-5-8-27(35(26)39)28-9-6-10-29(36(28)40)30-13-11-22(37(44-30)53-4)17-41-18-24-12-14-33(50)43-24/h5-11,13,15,21,24-25,41-42,49H,12,14,16-20H2,1-4H3,(H,43,50)/t24-,25+/m1/s1. The molecular weight excluding hydrogens is 719 g/mol. The lowest BCUT2D eigenvalue weighted by Crippen LogP contribution is -2.35. The minimum Gasteiger partial charge on any atom is -0.481 e. The van der Waals surface area contributed by atoms with Crippen LogP contribution in [0.4, 0.5) is 0 Å². The van der Waals surface area contributed by atoms with Gasteiger partial charge < -0.3 is 30.7 Å². The summed E-state index contributed by atoms with van der Waals surface area (Å²) in [6, 6.07) is 17.1. The molecule has 278 valence electrons. The molecule has 1 saturated heterocycles. The molecule has 1 fully saturated rings. The van der Waals surface area contributed by atoms with Gasteiger partial charge in [0.05, 0.1) is 41.9 Å². The monoisotopic (exact) mass is 760 g/mol. The number of benzene rings is 2. The quantitative estimate of drug-likeness (QED) is 0.131. The Kier molecular flexibility index (Phi) is 11.8. The number of nitrogens with zero attached hydrogens (tertiary/aromatic N) is 5. The van der Waals surface area contributed by atoms with Crippen LogP contribution in [-0.2, 0) is 29.7 Å². The summed E-state index contributed by atoms with van der Waals surface area (Å²) < 4.78 is 8.62. The van der Waals surface area contributed by atoms with Crippen molar-refractivity contribution < 1.29 is 19.4 Å². The highest BCUT2D eigenvalue weighted by Gasteiger charge is 2.22. The van der Waals surface area contributed by atoms with E-state index >= 15 is 0 Å². The van der Waals surface area contributed by atoms with Crippen molar-refractivity contribution in [1.82, 2.24) is 40.0 Å². The smallest absolute Gasteiger partial charge is 0.277 e. The van der Waals surface area contributed by atoms with E-state index in [9.17, 15) is 19.5 Å². The van der Waals surface area contributed by atoms with Crippen molar-refractivity contribution in [3.63, 3.8) is 0 Å². The first-order valence-corrected chi connectivity index (χ1v) is 18.0. The second-order valence-electron chi connectivity index (χ2n) is 13.2. The number of nitrogens with one attached hydrogen (secondary N) is 3. The average molecular weight is 762 g/mol. The number of aliphatic hydroxyl groups is 1. The summed E-state index contributed by atoms with van der Waals surface area (Å²) in [4.78, 5) is 43.0. The largest absolute Gasteiger partial charge is 0.481 e. The van der Waals surface area contributed by atoms with Gasteiger partial charge in [0.25, 0.3) is 5.56 Å². The van der Waals surface area contributed by atoms with Gasteiger partial charge in [0.2, 0.25) is 17.7 Å². The number of rotatable bonds is 14. The van der Waals surface area contributed by atoms with Gasteiger partial charge >= 0.3 is 0 Å². The first-order valence-electron chi connectivity index (χ1n) is 17.2. The van der Waals surface area contributed by atoms with Crippen molar-refractivity contribution >= 4 is 40.5 Å². The number of carbonyl (C=O) groups excluding carboxylic acids is 2. The number of hydrogen-bond acceptors (Lipinski definition) is 9. The van der Waals surface area contributed by atoms with E-state index in [0.717, 1.165) is 12.0 Å². The summed E-state index contributed by atoms with van der Waals surface area (Å²) in [5.74, 6) is 0.832. The third kappa shape index (κ3) is 8.40. The van der Waals surface area contributed by atoms with Gasteiger partial charge in [-0.05, 0) is 18.6 Å². The first kappa shape index (κ1) is 38.0. The number of fused-ring (bicyclic) bond motifs is 1. The Hall–Kier alpha value is -4.79. The molecule has 0 unspecified atom stereocenters. The predicted octanol–water partition coefficient (Wildman–Crippen LogP) is 4.04. The lowest BCUT2D eigenvalue weighted by molar-refractivity contribution is -0.130. The van der Waals surface area contributed by atoms with Crippen LogP contribution in [0.2, 0.25) is 10.0 Å². The van der Waals surface area contributed by atoms with E-state index in [1.54, 1.807) is 40.5 Å². The van der Waals surface area contributed by atoms with Gasteiger partial charge in [-0.15, -0.1) is 0 Å². The Morgan fingerprint density at radius 3 is 2.42 bits per heavy atom. The maximum absolute atomic E-state index is 13.4. The van der Waals surface area contributed by atoms with Crippen molar-refractivity contribution in [3.8, 4) is 39.4 Å². The van der Waals surface area contributed by atoms with Gasteiger partial charge in [-0.3, -0.25) is 19.0 Å². The van der Waals surface area contributed by atoms with Crippen molar-refractivity contribution in [3.05, 3.63) is 92.6 Å². The Labute approximate surface area is 316 Å². The number of methoxy groups -OCH3 is 1. The molecule has 15 heteroatoms. The molecule has 53 heavy (non-hydrogen) atoms. The number of carbonyl (C=O) groups is 2. The van der Waals surface area contributed by atoms with Crippen LogP contribution in [-0.4, -0.2) is 87.4 Å². The zero-order chi connectivity index (χ0) is 37.8. The van der Waals surface area contributed by atoms with E-state index < -0.39 is 6.10 Å². The summed E-state index contributed by atoms with van der Waals surface area (Å²) in [5.41, 5.74) is 5.14. The molecule has 2 amide bonds. The van der Waals surface area contributed by atoms with Crippen LogP contribution < -0.4 is 26.2 Å². The molecule has 4 N–H and O–H groups in total. The van der Waals surface area contributed by atoms with E-state index in [-0.39, 0.29) is 42.9 Å². The van der Waals surface area contributed by atoms with Gasteiger partial charge in [-0.2, -0.15) is 5.10 Å². The van der Waals surface area contributed by atoms with E-state index in [2.05, 4.69) is 21.0 Å². The lowest BCUT2D eigenvalue weighted by Gasteiger charge is -2.15. The Bertz CT molecular complexity index is 2220. The first-order chi connectivity index (χ1) is 25.4. The SMILES string of the molecule is COc1nc(-c2cccc(-c3cccc(-c4cc5c(=O)n(C)c(CNC[C@@H](O)CC(=O)N(C)C)nn5c4)c3Cl)c2Cl)ccc1CNC[C@H]1CCC(=O)N1. The molecule has 0 spiro atoms. The van der Waals surface area contributed by atoms with Crippen LogP contribution in [0.3, 0.4) is 0 Å². The number of pyridine rings is 1. The van der Waals surface area contributed by atoms with Crippen molar-refractivity contribution in [2.45, 2.75) is 44.5 Å². The summed E-state index contributed by atoms with van der Waals surface area (Å²) >= 11 is 14.2. The Morgan fingerprint density at radius 2 is 1.74 bits per heavy atom. The summed E-state index contributed by atoms with van der Waals surface area (Å²) in [6.45, 7) is 1.55. The van der Waals surface area contributed by atoms with E-state index in [1.165, 1.54) is 14.0 Å². The number of halogens is 2. The fraction of sp³-hybridized carbons (Fsp3) is 0.342. The minimum absolute atomic E-state index is 0.0108. The number of ether oxygens (including phenoxy) is 1. The third-order valence-corrected chi connectivity index (χ3v) is 10.1. The molecule has 2 atom stereocenters. The number of hydrogen-bond donors (Lipinski definition) is 4. The third-order valence-electron chi connectivity index (χ3n) is 9.30. The fourth-order valence-electron chi connectivity index (χ4n) is 6.33. The molecule has 13 nitrogen and oxygen atoms in total. The molecule has 2 aromatic carbocycles. The molecule has 6 rings (SSSR count). The topological polar surface area (TPSA) is 155 Å². The molecule has 0 saturated carbocycles. The van der Waals surface area contributed by atoms with Crippen LogP contribution in [0.15, 0.2) is 65.6 Å². The minimum atomic E-state index is -0.876. The highest BCUT2D eigenvalue weighted by atomic mass is 35.5. The summed E-state index contributed by atoms with van der Waals surface area (Å²) in [7, 11) is 6.49. The highest BCUT2D eigenvalue weighted by molar-refractivity contribution is 6.39. The normalized spacial score (nSPS) is 14.8. The van der Waals surface area contributed by atoms with Crippen molar-refractivity contribution in [1.29, 1.82) is 0 Å².